The lowest BCUT2D eigenvalue weighted by molar-refractivity contribution is -0.129. The molecule has 2 aliphatic heterocycles. The summed E-state index contributed by atoms with van der Waals surface area (Å²) < 4.78 is 5.93. The minimum absolute atomic E-state index is 0.0230. The van der Waals surface area contributed by atoms with Crippen LogP contribution in [0.4, 0.5) is 5.69 Å². The monoisotopic (exact) mass is 540 g/mol. The quantitative estimate of drug-likeness (QED) is 0.433. The normalized spacial score (nSPS) is 17.1. The molecule has 0 saturated carbocycles. The van der Waals surface area contributed by atoms with Crippen LogP contribution in [0.15, 0.2) is 78.9 Å². The summed E-state index contributed by atoms with van der Waals surface area (Å²) in [5, 5.41) is 6.01. The summed E-state index contributed by atoms with van der Waals surface area (Å²) in [5.41, 5.74) is 1.99. The lowest BCUT2D eigenvalue weighted by atomic mass is 9.98. The highest BCUT2D eigenvalue weighted by atomic mass is 16.5. The second kappa shape index (κ2) is 12.3. The Morgan fingerprint density at radius 3 is 2.30 bits per heavy atom. The molecule has 3 aromatic rings. The van der Waals surface area contributed by atoms with E-state index in [1.54, 1.807) is 18.2 Å². The number of piperidine rings is 1. The number of para-hydroxylation sites is 1. The molecule has 2 aliphatic rings. The number of carbonyl (C=O) groups excluding carboxylic acids is 3. The van der Waals surface area contributed by atoms with Crippen molar-refractivity contribution in [2.45, 2.75) is 45.3 Å². The van der Waals surface area contributed by atoms with Gasteiger partial charge >= 0.3 is 0 Å². The summed E-state index contributed by atoms with van der Waals surface area (Å²) in [7, 11) is 0. The van der Waals surface area contributed by atoms with Gasteiger partial charge in [-0.1, -0.05) is 62.4 Å². The molecule has 208 valence electrons. The van der Waals surface area contributed by atoms with Crippen molar-refractivity contribution >= 4 is 23.4 Å². The van der Waals surface area contributed by atoms with E-state index >= 15 is 0 Å². The van der Waals surface area contributed by atoms with Crippen molar-refractivity contribution in [1.29, 1.82) is 0 Å². The fraction of sp³-hybridized carbons (Fsp3) is 0.344. The zero-order chi connectivity index (χ0) is 28.1. The molecule has 0 bridgehead atoms. The number of fused-ring (bicyclic) bond motifs is 1. The second-order valence-corrected chi connectivity index (χ2v) is 10.8. The zero-order valence-corrected chi connectivity index (χ0v) is 23.0. The second-order valence-electron chi connectivity index (χ2n) is 10.8. The van der Waals surface area contributed by atoms with Crippen molar-refractivity contribution < 1.29 is 19.1 Å². The van der Waals surface area contributed by atoms with Gasteiger partial charge in [0.05, 0.1) is 11.3 Å². The summed E-state index contributed by atoms with van der Waals surface area (Å²) in [4.78, 5) is 44.1. The van der Waals surface area contributed by atoms with Gasteiger partial charge in [-0.05, 0) is 54.7 Å². The molecule has 8 nitrogen and oxygen atoms in total. The Hall–Kier alpha value is -4.17. The van der Waals surface area contributed by atoms with Crippen LogP contribution in [-0.2, 0) is 16.1 Å². The molecule has 0 aromatic heterocycles. The number of hydrogen-bond donors (Lipinski definition) is 2. The first-order valence-corrected chi connectivity index (χ1v) is 13.9. The van der Waals surface area contributed by atoms with E-state index in [1.165, 1.54) is 10.5 Å². The van der Waals surface area contributed by atoms with Gasteiger partial charge < -0.3 is 20.3 Å². The van der Waals surface area contributed by atoms with Crippen molar-refractivity contribution in [3.05, 3.63) is 90.0 Å². The molecular weight excluding hydrogens is 504 g/mol. The van der Waals surface area contributed by atoms with Crippen LogP contribution in [0.1, 0.15) is 42.6 Å². The molecule has 2 heterocycles. The number of likely N-dealkylation sites (tertiary alicyclic amines) is 1. The van der Waals surface area contributed by atoms with E-state index in [0.29, 0.717) is 22.7 Å². The van der Waals surface area contributed by atoms with Gasteiger partial charge in [0.15, 0.2) is 0 Å². The van der Waals surface area contributed by atoms with Crippen LogP contribution in [0, 0.1) is 5.92 Å². The van der Waals surface area contributed by atoms with Gasteiger partial charge in [0.25, 0.3) is 5.91 Å². The van der Waals surface area contributed by atoms with Gasteiger partial charge in [0.2, 0.25) is 11.8 Å². The molecule has 1 fully saturated rings. The first-order chi connectivity index (χ1) is 19.4. The van der Waals surface area contributed by atoms with Gasteiger partial charge in [-0.25, -0.2) is 0 Å². The third kappa shape index (κ3) is 6.51. The summed E-state index contributed by atoms with van der Waals surface area (Å²) in [5.74, 6) is -0.0196. The smallest absolute Gasteiger partial charge is 0.257 e. The van der Waals surface area contributed by atoms with E-state index in [9.17, 15) is 14.4 Å². The number of benzene rings is 3. The van der Waals surface area contributed by atoms with E-state index in [-0.39, 0.29) is 36.2 Å². The minimum Gasteiger partial charge on any atom is -0.457 e. The van der Waals surface area contributed by atoms with Gasteiger partial charge in [0.1, 0.15) is 24.1 Å². The van der Waals surface area contributed by atoms with Crippen molar-refractivity contribution in [2.24, 2.45) is 5.92 Å². The zero-order valence-electron chi connectivity index (χ0n) is 23.0. The maximum Gasteiger partial charge on any atom is 0.257 e. The number of amides is 3. The highest BCUT2D eigenvalue weighted by Crippen LogP contribution is 2.30. The van der Waals surface area contributed by atoms with Crippen LogP contribution in [0.3, 0.4) is 0 Å². The SMILES string of the molecule is CC(C)C(C(=O)NC1CCN(Cc2ccccc2)CC1)N1CC(=O)Nc2ccc(Oc3ccccc3)cc2C1=O. The fourth-order valence-corrected chi connectivity index (χ4v) is 5.46. The van der Waals surface area contributed by atoms with E-state index < -0.39 is 6.04 Å². The van der Waals surface area contributed by atoms with Crippen molar-refractivity contribution in [1.82, 2.24) is 15.1 Å². The lowest BCUT2D eigenvalue weighted by Crippen LogP contribution is -2.56. The number of rotatable bonds is 8. The Labute approximate surface area is 235 Å². The third-order valence-electron chi connectivity index (χ3n) is 7.47. The molecule has 1 saturated heterocycles. The van der Waals surface area contributed by atoms with Crippen LogP contribution in [0.25, 0.3) is 0 Å². The number of carbonyl (C=O) groups is 3. The van der Waals surface area contributed by atoms with Crippen LogP contribution in [0.5, 0.6) is 11.5 Å². The van der Waals surface area contributed by atoms with Gasteiger partial charge in [-0.3, -0.25) is 19.3 Å². The molecule has 8 heteroatoms. The molecule has 40 heavy (non-hydrogen) atoms. The van der Waals surface area contributed by atoms with Crippen LogP contribution in [0.2, 0.25) is 0 Å². The van der Waals surface area contributed by atoms with E-state index in [1.807, 2.05) is 62.4 Å². The Morgan fingerprint density at radius 2 is 1.62 bits per heavy atom. The van der Waals surface area contributed by atoms with Crippen LogP contribution in [-0.4, -0.2) is 59.2 Å². The largest absolute Gasteiger partial charge is 0.457 e. The number of nitrogens with zero attached hydrogens (tertiary/aromatic N) is 2. The predicted molar refractivity (Wildman–Crippen MR) is 154 cm³/mol. The summed E-state index contributed by atoms with van der Waals surface area (Å²) >= 11 is 0. The molecule has 0 radical (unpaired) electrons. The molecule has 1 unspecified atom stereocenters. The van der Waals surface area contributed by atoms with Crippen molar-refractivity contribution in [3.8, 4) is 11.5 Å². The van der Waals surface area contributed by atoms with Crippen LogP contribution >= 0.6 is 0 Å². The highest BCUT2D eigenvalue weighted by Gasteiger charge is 2.38. The summed E-state index contributed by atoms with van der Waals surface area (Å²) in [6.45, 7) is 6.26. The molecule has 0 aliphatic carbocycles. The molecule has 3 amide bonds. The summed E-state index contributed by atoms with van der Waals surface area (Å²) in [6, 6.07) is 23.9. The van der Waals surface area contributed by atoms with Gasteiger partial charge in [-0.2, -0.15) is 0 Å². The average molecular weight is 541 g/mol. The first-order valence-electron chi connectivity index (χ1n) is 13.9. The van der Waals surface area contributed by atoms with Crippen molar-refractivity contribution in [3.63, 3.8) is 0 Å². The Balaban J connectivity index is 1.28. The fourth-order valence-electron chi connectivity index (χ4n) is 5.46. The number of anilines is 1. The summed E-state index contributed by atoms with van der Waals surface area (Å²) in [6.07, 6.45) is 1.67. The Kier molecular flexibility index (Phi) is 8.45. The third-order valence-corrected chi connectivity index (χ3v) is 7.47. The van der Waals surface area contributed by atoms with E-state index in [0.717, 1.165) is 32.5 Å². The minimum atomic E-state index is -0.787. The number of ether oxygens (including phenoxy) is 1. The van der Waals surface area contributed by atoms with E-state index in [4.69, 9.17) is 4.74 Å². The van der Waals surface area contributed by atoms with Gasteiger partial charge in [-0.15, -0.1) is 0 Å². The molecule has 2 N–H and O–H groups in total. The topological polar surface area (TPSA) is 91.0 Å². The van der Waals surface area contributed by atoms with E-state index in [2.05, 4.69) is 27.7 Å². The number of nitrogens with one attached hydrogen (secondary N) is 2. The average Bonchev–Trinajstić information content (AvgIpc) is 3.06. The molecular formula is C32H36N4O4. The van der Waals surface area contributed by atoms with Gasteiger partial charge in [0, 0.05) is 25.7 Å². The molecule has 0 spiro atoms. The lowest BCUT2D eigenvalue weighted by Gasteiger charge is -2.36. The maximum absolute atomic E-state index is 13.8. The molecule has 3 aromatic carbocycles. The maximum atomic E-state index is 13.8. The highest BCUT2D eigenvalue weighted by molar-refractivity contribution is 6.10. The van der Waals surface area contributed by atoms with Crippen LogP contribution < -0.4 is 15.4 Å². The first kappa shape index (κ1) is 27.4. The molecule has 1 atom stereocenters. The standard InChI is InChI=1S/C32H36N4O4/c1-22(2)30(31(38)33-24-15-17-35(18-16-24)20-23-9-5-3-6-10-23)36-21-29(37)34-28-14-13-26(19-27(28)32(36)39)40-25-11-7-4-8-12-25/h3-14,19,22,24,30H,15-18,20-21H2,1-2H3,(H,33,38)(H,34,37). The van der Waals surface area contributed by atoms with Crippen molar-refractivity contribution in [2.75, 3.05) is 25.0 Å². The number of hydrogen-bond acceptors (Lipinski definition) is 5. The predicted octanol–water partition coefficient (Wildman–Crippen LogP) is 4.68. The Morgan fingerprint density at radius 1 is 0.950 bits per heavy atom. The Bertz CT molecular complexity index is 1340. The molecule has 5 rings (SSSR count).